The van der Waals surface area contributed by atoms with E-state index in [2.05, 4.69) is 4.74 Å². The number of carboxylic acid groups (broad SMARTS) is 1. The molecule has 1 saturated carbocycles. The number of amides is 2. The lowest BCUT2D eigenvalue weighted by atomic mass is 10.2. The van der Waals surface area contributed by atoms with Gasteiger partial charge in [0.25, 0.3) is 0 Å². The number of rotatable bonds is 4. The van der Waals surface area contributed by atoms with Gasteiger partial charge in [-0.1, -0.05) is 0 Å². The van der Waals surface area contributed by atoms with E-state index >= 15 is 0 Å². The molecule has 2 amide bonds. The predicted molar refractivity (Wildman–Crippen MR) is 72.3 cm³/mol. The number of nitrogens with zero attached hydrogens (tertiary/aromatic N) is 2. The highest BCUT2D eigenvalue weighted by molar-refractivity contribution is 8.00. The molecule has 1 aliphatic heterocycles. The van der Waals surface area contributed by atoms with Gasteiger partial charge in [0.2, 0.25) is 0 Å². The number of ether oxygens (including phenoxy) is 1. The first-order valence-corrected chi connectivity index (χ1v) is 7.45. The van der Waals surface area contributed by atoms with Crippen LogP contribution in [-0.2, 0) is 14.3 Å². The molecule has 0 aromatic heterocycles. The van der Waals surface area contributed by atoms with Crippen LogP contribution in [0.1, 0.15) is 12.8 Å². The third-order valence-electron chi connectivity index (χ3n) is 3.49. The van der Waals surface area contributed by atoms with Crippen molar-refractivity contribution in [3.05, 3.63) is 0 Å². The molecule has 2 rings (SSSR count). The number of carbonyl (C=O) groups excluding carboxylic acids is 2. The van der Waals surface area contributed by atoms with Crippen LogP contribution < -0.4 is 0 Å². The van der Waals surface area contributed by atoms with Crippen LogP contribution in [0.2, 0.25) is 0 Å². The topological polar surface area (TPSA) is 87.2 Å². The maximum Gasteiger partial charge on any atom is 0.327 e. The molecule has 7 nitrogen and oxygen atoms in total. The fourth-order valence-corrected chi connectivity index (χ4v) is 3.85. The lowest BCUT2D eigenvalue weighted by Gasteiger charge is -2.31. The number of aliphatic carboxylic acids is 1. The quantitative estimate of drug-likeness (QED) is 0.759. The largest absolute Gasteiger partial charge is 0.480 e. The van der Waals surface area contributed by atoms with E-state index in [-0.39, 0.29) is 11.9 Å². The Kier molecular flexibility index (Phi) is 4.42. The van der Waals surface area contributed by atoms with E-state index in [1.54, 1.807) is 0 Å². The van der Waals surface area contributed by atoms with E-state index in [9.17, 15) is 19.5 Å². The SMILES string of the molecule is COC(=O)CN(C)C(=O)N1C(C(=O)O)CSC1C1CC1. The summed E-state index contributed by atoms with van der Waals surface area (Å²) in [5.41, 5.74) is 0. The molecule has 2 fully saturated rings. The molecule has 0 radical (unpaired) electrons. The summed E-state index contributed by atoms with van der Waals surface area (Å²) in [5, 5.41) is 9.15. The average molecular weight is 302 g/mol. The van der Waals surface area contributed by atoms with Gasteiger partial charge in [-0.25, -0.2) is 9.59 Å². The first kappa shape index (κ1) is 15.0. The van der Waals surface area contributed by atoms with E-state index in [1.165, 1.54) is 35.7 Å². The number of methoxy groups -OCH3 is 1. The molecular formula is C12H18N2O5S. The van der Waals surface area contributed by atoms with E-state index in [0.29, 0.717) is 11.7 Å². The van der Waals surface area contributed by atoms with Crippen LogP contribution in [0.5, 0.6) is 0 Å². The molecule has 0 bridgehead atoms. The standard InChI is InChI=1S/C12H18N2O5S/c1-13(5-9(15)19-2)12(18)14-8(11(16)17)6-20-10(14)7-3-4-7/h7-8,10H,3-6H2,1-2H3,(H,16,17). The number of urea groups is 1. The zero-order chi connectivity index (χ0) is 14.9. The number of hydrogen-bond acceptors (Lipinski definition) is 5. The summed E-state index contributed by atoms with van der Waals surface area (Å²) in [6.07, 6.45) is 2.04. The molecule has 2 aliphatic rings. The molecular weight excluding hydrogens is 284 g/mol. The molecule has 1 N–H and O–H groups in total. The van der Waals surface area contributed by atoms with Crippen LogP contribution in [0, 0.1) is 5.92 Å². The summed E-state index contributed by atoms with van der Waals surface area (Å²) in [6, 6.07) is -1.25. The summed E-state index contributed by atoms with van der Waals surface area (Å²) >= 11 is 1.51. The second-order valence-corrected chi connectivity index (χ2v) is 6.19. The highest BCUT2D eigenvalue weighted by Crippen LogP contribution is 2.45. The van der Waals surface area contributed by atoms with Crippen molar-refractivity contribution in [3.8, 4) is 0 Å². The predicted octanol–water partition coefficient (Wildman–Crippen LogP) is 0.449. The molecule has 0 spiro atoms. The summed E-state index contributed by atoms with van der Waals surface area (Å²) < 4.78 is 4.52. The van der Waals surface area contributed by atoms with Crippen molar-refractivity contribution < 1.29 is 24.2 Å². The van der Waals surface area contributed by atoms with Gasteiger partial charge in [-0.3, -0.25) is 9.69 Å². The van der Waals surface area contributed by atoms with Crippen molar-refractivity contribution in [2.75, 3.05) is 26.5 Å². The van der Waals surface area contributed by atoms with E-state index < -0.39 is 24.0 Å². The lowest BCUT2D eigenvalue weighted by Crippen LogP contribution is -2.52. The molecule has 20 heavy (non-hydrogen) atoms. The number of carbonyl (C=O) groups is 3. The Bertz CT molecular complexity index is 426. The van der Waals surface area contributed by atoms with E-state index in [1.807, 2.05) is 0 Å². The van der Waals surface area contributed by atoms with Gasteiger partial charge in [-0.15, -0.1) is 11.8 Å². The van der Waals surface area contributed by atoms with Crippen LogP contribution in [0.4, 0.5) is 4.79 Å². The van der Waals surface area contributed by atoms with Gasteiger partial charge in [0.1, 0.15) is 12.6 Å². The third kappa shape index (κ3) is 3.00. The third-order valence-corrected chi connectivity index (χ3v) is 4.95. The fraction of sp³-hybridized carbons (Fsp3) is 0.750. The summed E-state index contributed by atoms with van der Waals surface area (Å²) in [6.45, 7) is -0.180. The molecule has 2 atom stereocenters. The molecule has 1 saturated heterocycles. The number of thioether (sulfide) groups is 1. The highest BCUT2D eigenvalue weighted by Gasteiger charge is 2.48. The van der Waals surface area contributed by atoms with Crippen molar-refractivity contribution >= 4 is 29.7 Å². The van der Waals surface area contributed by atoms with Crippen LogP contribution in [0.25, 0.3) is 0 Å². The van der Waals surface area contributed by atoms with Gasteiger partial charge in [0, 0.05) is 12.8 Å². The van der Waals surface area contributed by atoms with Gasteiger partial charge >= 0.3 is 18.0 Å². The van der Waals surface area contributed by atoms with Gasteiger partial charge < -0.3 is 14.7 Å². The molecule has 2 unspecified atom stereocenters. The first-order valence-electron chi connectivity index (χ1n) is 6.40. The van der Waals surface area contributed by atoms with Gasteiger partial charge in [-0.2, -0.15) is 0 Å². The monoisotopic (exact) mass is 302 g/mol. The normalized spacial score (nSPS) is 25.4. The fourth-order valence-electron chi connectivity index (χ4n) is 2.23. The zero-order valence-electron chi connectivity index (χ0n) is 11.4. The Morgan fingerprint density at radius 1 is 1.40 bits per heavy atom. The van der Waals surface area contributed by atoms with Crippen LogP contribution in [0.15, 0.2) is 0 Å². The number of carboxylic acids is 1. The van der Waals surface area contributed by atoms with Crippen molar-refractivity contribution in [1.29, 1.82) is 0 Å². The molecule has 1 heterocycles. The van der Waals surface area contributed by atoms with Crippen molar-refractivity contribution in [3.63, 3.8) is 0 Å². The zero-order valence-corrected chi connectivity index (χ0v) is 12.3. The van der Waals surface area contributed by atoms with Gasteiger partial charge in [0.15, 0.2) is 0 Å². The summed E-state index contributed by atoms with van der Waals surface area (Å²) in [4.78, 5) is 37.6. The average Bonchev–Trinajstić information content (AvgIpc) is 3.15. The van der Waals surface area contributed by atoms with E-state index in [4.69, 9.17) is 0 Å². The summed E-state index contributed by atoms with van der Waals surface area (Å²) in [7, 11) is 2.73. The first-order chi connectivity index (χ1) is 9.45. The maximum atomic E-state index is 12.4. The van der Waals surface area contributed by atoms with Gasteiger partial charge in [-0.05, 0) is 18.8 Å². The van der Waals surface area contributed by atoms with Crippen molar-refractivity contribution in [2.45, 2.75) is 24.3 Å². The van der Waals surface area contributed by atoms with Crippen LogP contribution in [-0.4, -0.2) is 70.7 Å². The molecule has 0 aromatic rings. The second kappa shape index (κ2) is 5.90. The van der Waals surface area contributed by atoms with Crippen molar-refractivity contribution in [2.24, 2.45) is 5.92 Å². The van der Waals surface area contributed by atoms with Crippen LogP contribution >= 0.6 is 11.8 Å². The Labute approximate surface area is 121 Å². The minimum absolute atomic E-state index is 0.0938. The maximum absolute atomic E-state index is 12.4. The second-order valence-electron chi connectivity index (χ2n) is 5.04. The Hall–Kier alpha value is -1.44. The number of likely N-dealkylation sites (N-methyl/N-ethyl adjacent to an activating group) is 1. The Morgan fingerprint density at radius 2 is 2.05 bits per heavy atom. The van der Waals surface area contributed by atoms with Crippen LogP contribution in [0.3, 0.4) is 0 Å². The van der Waals surface area contributed by atoms with Crippen molar-refractivity contribution in [1.82, 2.24) is 9.80 Å². The smallest absolute Gasteiger partial charge is 0.327 e. The lowest BCUT2D eigenvalue weighted by molar-refractivity contribution is -0.141. The minimum atomic E-state index is -1.000. The molecule has 1 aliphatic carbocycles. The van der Waals surface area contributed by atoms with Gasteiger partial charge in [0.05, 0.1) is 12.5 Å². The minimum Gasteiger partial charge on any atom is -0.480 e. The number of hydrogen-bond donors (Lipinski definition) is 1. The van der Waals surface area contributed by atoms with E-state index in [0.717, 1.165) is 12.8 Å². The molecule has 112 valence electrons. The highest BCUT2D eigenvalue weighted by atomic mass is 32.2. The summed E-state index contributed by atoms with van der Waals surface area (Å²) in [5.74, 6) is -0.753. The Balaban J connectivity index is 2.10. The molecule has 8 heteroatoms. The number of esters is 1. The molecule has 0 aromatic carbocycles. The Morgan fingerprint density at radius 3 is 2.55 bits per heavy atom.